The molecule has 1 aliphatic heterocycles. The van der Waals surface area contributed by atoms with Crippen LogP contribution in [-0.2, 0) is 9.59 Å². The van der Waals surface area contributed by atoms with E-state index in [1.807, 2.05) is 49.4 Å². The first kappa shape index (κ1) is 19.4. The van der Waals surface area contributed by atoms with Gasteiger partial charge in [0.1, 0.15) is 5.54 Å². The van der Waals surface area contributed by atoms with E-state index in [0.717, 1.165) is 35.7 Å². The van der Waals surface area contributed by atoms with Crippen LogP contribution in [0.25, 0.3) is 10.8 Å². The van der Waals surface area contributed by atoms with Crippen molar-refractivity contribution in [2.75, 3.05) is 18.0 Å². The first-order valence-corrected chi connectivity index (χ1v) is 10.5. The standard InChI is InChI=1S/C23H27N3O3/c1-2-25(19-11-10-17-8-4-5-9-18(17)16-19)20(27)12-15-26-21(28)23(24-22(26)29)13-6-3-7-14-23/h4-5,8-11,16H,2-3,6-7,12-15H2,1H3,(H,24,29). The van der Waals surface area contributed by atoms with Gasteiger partial charge in [0.2, 0.25) is 5.91 Å². The summed E-state index contributed by atoms with van der Waals surface area (Å²) in [6.07, 6.45) is 4.51. The summed E-state index contributed by atoms with van der Waals surface area (Å²) in [7, 11) is 0. The molecular weight excluding hydrogens is 366 g/mol. The molecule has 29 heavy (non-hydrogen) atoms. The molecule has 6 nitrogen and oxygen atoms in total. The van der Waals surface area contributed by atoms with Crippen molar-refractivity contribution in [3.63, 3.8) is 0 Å². The average Bonchev–Trinajstić information content (AvgIpc) is 2.96. The molecule has 0 unspecified atom stereocenters. The van der Waals surface area contributed by atoms with E-state index >= 15 is 0 Å². The number of fused-ring (bicyclic) bond motifs is 1. The van der Waals surface area contributed by atoms with Gasteiger partial charge in [-0.25, -0.2) is 4.79 Å². The highest BCUT2D eigenvalue weighted by molar-refractivity contribution is 6.07. The van der Waals surface area contributed by atoms with Gasteiger partial charge in [-0.05, 0) is 42.7 Å². The Bertz CT molecular complexity index is 949. The van der Waals surface area contributed by atoms with Gasteiger partial charge in [-0.15, -0.1) is 0 Å². The van der Waals surface area contributed by atoms with E-state index in [2.05, 4.69) is 5.32 Å². The number of benzene rings is 2. The third kappa shape index (κ3) is 3.59. The van der Waals surface area contributed by atoms with Crippen molar-refractivity contribution < 1.29 is 14.4 Å². The molecule has 2 aromatic carbocycles. The van der Waals surface area contributed by atoms with Crippen molar-refractivity contribution in [3.05, 3.63) is 42.5 Å². The maximum atomic E-state index is 12.9. The maximum Gasteiger partial charge on any atom is 0.325 e. The number of anilines is 1. The first-order valence-electron chi connectivity index (χ1n) is 10.5. The van der Waals surface area contributed by atoms with Crippen molar-refractivity contribution in [1.82, 2.24) is 10.2 Å². The highest BCUT2D eigenvalue weighted by Crippen LogP contribution is 2.33. The Kier molecular flexibility index (Phi) is 5.26. The predicted molar refractivity (Wildman–Crippen MR) is 113 cm³/mol. The minimum absolute atomic E-state index is 0.0898. The summed E-state index contributed by atoms with van der Waals surface area (Å²) in [5.74, 6) is -0.253. The monoisotopic (exact) mass is 393 g/mol. The number of rotatable bonds is 5. The third-order valence-corrected chi connectivity index (χ3v) is 6.16. The summed E-state index contributed by atoms with van der Waals surface area (Å²) in [4.78, 5) is 41.1. The quantitative estimate of drug-likeness (QED) is 0.785. The summed E-state index contributed by atoms with van der Waals surface area (Å²) in [5, 5.41) is 5.10. The van der Waals surface area contributed by atoms with E-state index in [9.17, 15) is 14.4 Å². The van der Waals surface area contributed by atoms with Crippen molar-refractivity contribution in [3.8, 4) is 0 Å². The molecule has 0 aromatic heterocycles. The Balaban J connectivity index is 1.45. The van der Waals surface area contributed by atoms with Crippen LogP contribution in [0, 0.1) is 0 Å². The average molecular weight is 393 g/mol. The third-order valence-electron chi connectivity index (χ3n) is 6.16. The Morgan fingerprint density at radius 1 is 1.07 bits per heavy atom. The minimum atomic E-state index is -0.735. The number of hydrogen-bond donors (Lipinski definition) is 1. The molecule has 6 heteroatoms. The van der Waals surface area contributed by atoms with Crippen molar-refractivity contribution in [2.24, 2.45) is 0 Å². The van der Waals surface area contributed by atoms with E-state index in [1.165, 1.54) is 4.90 Å². The lowest BCUT2D eigenvalue weighted by Crippen LogP contribution is -2.48. The predicted octanol–water partition coefficient (Wildman–Crippen LogP) is 3.84. The van der Waals surface area contributed by atoms with Crippen LogP contribution in [0.5, 0.6) is 0 Å². The fourth-order valence-electron chi connectivity index (χ4n) is 4.56. The summed E-state index contributed by atoms with van der Waals surface area (Å²) in [6.45, 7) is 2.58. The SMILES string of the molecule is CCN(C(=O)CCN1C(=O)NC2(CCCCC2)C1=O)c1ccc2ccccc2c1. The van der Waals surface area contributed by atoms with Gasteiger partial charge in [0, 0.05) is 25.2 Å². The van der Waals surface area contributed by atoms with Crippen LogP contribution in [-0.4, -0.2) is 41.4 Å². The Hall–Kier alpha value is -2.89. The van der Waals surface area contributed by atoms with Gasteiger partial charge in [0.15, 0.2) is 0 Å². The van der Waals surface area contributed by atoms with Crippen molar-refractivity contribution in [2.45, 2.75) is 51.0 Å². The molecule has 1 heterocycles. The summed E-state index contributed by atoms with van der Waals surface area (Å²) >= 11 is 0. The second-order valence-corrected chi connectivity index (χ2v) is 7.95. The van der Waals surface area contributed by atoms with Crippen LogP contribution < -0.4 is 10.2 Å². The first-order chi connectivity index (χ1) is 14.0. The summed E-state index contributed by atoms with van der Waals surface area (Å²) < 4.78 is 0. The largest absolute Gasteiger partial charge is 0.325 e. The van der Waals surface area contributed by atoms with E-state index in [0.29, 0.717) is 19.4 Å². The van der Waals surface area contributed by atoms with Crippen molar-refractivity contribution >= 4 is 34.3 Å². The van der Waals surface area contributed by atoms with Crippen LogP contribution >= 0.6 is 0 Å². The molecule has 4 amide bonds. The number of carbonyl (C=O) groups is 3. The molecule has 1 spiro atoms. The number of urea groups is 1. The molecule has 1 aliphatic carbocycles. The molecule has 152 valence electrons. The fourth-order valence-corrected chi connectivity index (χ4v) is 4.56. The highest BCUT2D eigenvalue weighted by atomic mass is 16.2. The van der Waals surface area contributed by atoms with E-state index in [4.69, 9.17) is 0 Å². The Labute approximate surface area is 170 Å². The number of nitrogens with zero attached hydrogens (tertiary/aromatic N) is 2. The van der Waals surface area contributed by atoms with Crippen LogP contribution in [0.4, 0.5) is 10.5 Å². The lowest BCUT2D eigenvalue weighted by Gasteiger charge is -2.30. The van der Waals surface area contributed by atoms with Gasteiger partial charge in [0.25, 0.3) is 5.91 Å². The zero-order valence-electron chi connectivity index (χ0n) is 16.8. The van der Waals surface area contributed by atoms with Crippen LogP contribution in [0.1, 0.15) is 45.4 Å². The Morgan fingerprint density at radius 3 is 2.52 bits per heavy atom. The fraction of sp³-hybridized carbons (Fsp3) is 0.435. The van der Waals surface area contributed by atoms with Gasteiger partial charge in [-0.2, -0.15) is 0 Å². The lowest BCUT2D eigenvalue weighted by molar-refractivity contribution is -0.132. The van der Waals surface area contributed by atoms with Crippen molar-refractivity contribution in [1.29, 1.82) is 0 Å². The molecule has 0 bridgehead atoms. The van der Waals surface area contributed by atoms with E-state index in [1.54, 1.807) is 4.90 Å². The molecule has 2 aromatic rings. The molecule has 2 aliphatic rings. The second-order valence-electron chi connectivity index (χ2n) is 7.95. The number of carbonyl (C=O) groups excluding carboxylic acids is 3. The normalized spacial score (nSPS) is 18.3. The number of imide groups is 1. The summed E-state index contributed by atoms with van der Waals surface area (Å²) in [6, 6.07) is 13.6. The Morgan fingerprint density at radius 2 is 1.79 bits per heavy atom. The van der Waals surface area contributed by atoms with Gasteiger partial charge in [-0.3, -0.25) is 14.5 Å². The molecule has 0 atom stereocenters. The van der Waals surface area contributed by atoms with Crippen LogP contribution in [0.3, 0.4) is 0 Å². The number of amides is 4. The van der Waals surface area contributed by atoms with Gasteiger partial charge in [-0.1, -0.05) is 49.6 Å². The zero-order valence-corrected chi connectivity index (χ0v) is 16.8. The molecule has 1 saturated carbocycles. The topological polar surface area (TPSA) is 69.7 Å². The second kappa shape index (κ2) is 7.85. The summed E-state index contributed by atoms with van der Waals surface area (Å²) in [5.41, 5.74) is 0.0957. The highest BCUT2D eigenvalue weighted by Gasteiger charge is 2.51. The van der Waals surface area contributed by atoms with E-state index in [-0.39, 0.29) is 30.8 Å². The molecule has 2 fully saturated rings. The zero-order chi connectivity index (χ0) is 20.4. The molecule has 0 radical (unpaired) electrons. The van der Waals surface area contributed by atoms with Gasteiger partial charge >= 0.3 is 6.03 Å². The molecule has 1 saturated heterocycles. The van der Waals surface area contributed by atoms with E-state index < -0.39 is 5.54 Å². The molecule has 4 rings (SSSR count). The van der Waals surface area contributed by atoms with Crippen LogP contribution in [0.2, 0.25) is 0 Å². The molecule has 1 N–H and O–H groups in total. The smallest absolute Gasteiger partial charge is 0.323 e. The number of nitrogens with one attached hydrogen (secondary N) is 1. The van der Waals surface area contributed by atoms with Gasteiger partial charge < -0.3 is 10.2 Å². The maximum absolute atomic E-state index is 12.9. The number of hydrogen-bond acceptors (Lipinski definition) is 3. The van der Waals surface area contributed by atoms with Crippen LogP contribution in [0.15, 0.2) is 42.5 Å². The lowest BCUT2D eigenvalue weighted by atomic mass is 9.82. The molecular formula is C23H27N3O3. The minimum Gasteiger partial charge on any atom is -0.323 e. The van der Waals surface area contributed by atoms with Gasteiger partial charge in [0.05, 0.1) is 0 Å².